The predicted octanol–water partition coefficient (Wildman–Crippen LogP) is -0.911. The van der Waals surface area contributed by atoms with Gasteiger partial charge in [-0.05, 0) is 12.8 Å². The molecule has 0 saturated carbocycles. The van der Waals surface area contributed by atoms with E-state index in [0.717, 1.165) is 24.2 Å². The number of rotatable bonds is 3. The monoisotopic (exact) mass is 252 g/mol. The minimum atomic E-state index is -0.804. The second-order valence-corrected chi connectivity index (χ2v) is 4.12. The molecule has 0 unspecified atom stereocenters. The van der Waals surface area contributed by atoms with Gasteiger partial charge in [0, 0.05) is 5.75 Å². The summed E-state index contributed by atoms with van der Waals surface area (Å²) in [7, 11) is 0. The van der Waals surface area contributed by atoms with E-state index in [0.29, 0.717) is 0 Å². The van der Waals surface area contributed by atoms with Crippen LogP contribution in [-0.4, -0.2) is 33.6 Å². The molecule has 1 aliphatic carbocycles. The molecule has 0 spiro atoms. The number of carbonyl (C=O) groups is 2. The SMILES string of the molecule is N[C@H](CS)C(=O)NC(=O)c1cnc2c(n1)CC2. The second kappa shape index (κ2) is 4.80. The van der Waals surface area contributed by atoms with Gasteiger partial charge in [-0.25, -0.2) is 4.98 Å². The summed E-state index contributed by atoms with van der Waals surface area (Å²) in [6, 6.07) is -0.804. The molecule has 0 fully saturated rings. The van der Waals surface area contributed by atoms with Gasteiger partial charge in [-0.1, -0.05) is 0 Å². The zero-order chi connectivity index (χ0) is 12.4. The van der Waals surface area contributed by atoms with Crippen molar-refractivity contribution in [1.29, 1.82) is 0 Å². The molecule has 3 N–H and O–H groups in total. The second-order valence-electron chi connectivity index (χ2n) is 3.76. The van der Waals surface area contributed by atoms with E-state index in [2.05, 4.69) is 27.9 Å². The highest BCUT2D eigenvalue weighted by Gasteiger charge is 2.21. The average Bonchev–Trinajstić information content (AvgIpc) is 2.29. The lowest BCUT2D eigenvalue weighted by Crippen LogP contribution is -2.44. The predicted molar refractivity (Wildman–Crippen MR) is 63.7 cm³/mol. The first-order valence-electron chi connectivity index (χ1n) is 5.18. The van der Waals surface area contributed by atoms with E-state index in [1.165, 1.54) is 6.20 Å². The number of aromatic nitrogens is 2. The van der Waals surface area contributed by atoms with Crippen LogP contribution in [0.4, 0.5) is 0 Å². The van der Waals surface area contributed by atoms with Gasteiger partial charge in [0.2, 0.25) is 5.91 Å². The molecule has 17 heavy (non-hydrogen) atoms. The van der Waals surface area contributed by atoms with Gasteiger partial charge in [0.25, 0.3) is 5.91 Å². The number of fused-ring (bicyclic) bond motifs is 1. The van der Waals surface area contributed by atoms with Crippen molar-refractivity contribution < 1.29 is 9.59 Å². The number of nitrogens with one attached hydrogen (secondary N) is 1. The maximum Gasteiger partial charge on any atom is 0.278 e. The number of carbonyl (C=O) groups excluding carboxylic acids is 2. The number of imide groups is 1. The van der Waals surface area contributed by atoms with E-state index < -0.39 is 17.9 Å². The van der Waals surface area contributed by atoms with Crippen molar-refractivity contribution in [3.63, 3.8) is 0 Å². The molecule has 7 heteroatoms. The maximum atomic E-state index is 11.6. The fraction of sp³-hybridized carbons (Fsp3) is 0.400. The molecule has 1 aromatic heterocycles. The van der Waals surface area contributed by atoms with Crippen LogP contribution in [-0.2, 0) is 17.6 Å². The molecule has 1 atom stereocenters. The van der Waals surface area contributed by atoms with Gasteiger partial charge in [0.05, 0.1) is 23.6 Å². The number of amides is 2. The Balaban J connectivity index is 2.04. The van der Waals surface area contributed by atoms with Crippen LogP contribution in [0, 0.1) is 0 Å². The Morgan fingerprint density at radius 3 is 2.71 bits per heavy atom. The van der Waals surface area contributed by atoms with Gasteiger partial charge in [-0.2, -0.15) is 12.6 Å². The van der Waals surface area contributed by atoms with Crippen molar-refractivity contribution in [2.45, 2.75) is 18.9 Å². The molecule has 1 aromatic rings. The molecule has 90 valence electrons. The minimum Gasteiger partial charge on any atom is -0.319 e. The molecule has 6 nitrogen and oxygen atoms in total. The fourth-order valence-corrected chi connectivity index (χ4v) is 1.55. The summed E-state index contributed by atoms with van der Waals surface area (Å²) in [5.41, 5.74) is 7.31. The Bertz CT molecular complexity index is 477. The van der Waals surface area contributed by atoms with Crippen LogP contribution in [0.3, 0.4) is 0 Å². The summed E-state index contributed by atoms with van der Waals surface area (Å²) >= 11 is 3.88. The molecule has 1 aliphatic rings. The Labute approximate surface area is 103 Å². The Hall–Kier alpha value is -1.47. The number of aryl methyl sites for hydroxylation is 2. The molecule has 2 amide bonds. The van der Waals surface area contributed by atoms with Gasteiger partial charge in [0.1, 0.15) is 5.69 Å². The number of thiol groups is 1. The lowest BCUT2D eigenvalue weighted by atomic mass is 10.0. The first-order valence-corrected chi connectivity index (χ1v) is 5.81. The maximum absolute atomic E-state index is 11.6. The van der Waals surface area contributed by atoms with Crippen LogP contribution in [0.25, 0.3) is 0 Å². The molecule has 2 rings (SSSR count). The van der Waals surface area contributed by atoms with E-state index in [1.54, 1.807) is 0 Å². The summed E-state index contributed by atoms with van der Waals surface area (Å²) in [5, 5.41) is 2.16. The highest BCUT2D eigenvalue weighted by Crippen LogP contribution is 2.17. The summed E-state index contributed by atoms with van der Waals surface area (Å²) < 4.78 is 0. The lowest BCUT2D eigenvalue weighted by molar-refractivity contribution is -0.120. The van der Waals surface area contributed by atoms with Crippen molar-refractivity contribution >= 4 is 24.4 Å². The van der Waals surface area contributed by atoms with E-state index in [9.17, 15) is 9.59 Å². The molecule has 0 aromatic carbocycles. The van der Waals surface area contributed by atoms with Gasteiger partial charge in [-0.3, -0.25) is 19.9 Å². The van der Waals surface area contributed by atoms with Crippen molar-refractivity contribution in [3.05, 3.63) is 23.3 Å². The minimum absolute atomic E-state index is 0.142. The van der Waals surface area contributed by atoms with Crippen LogP contribution in [0.15, 0.2) is 6.20 Å². The smallest absolute Gasteiger partial charge is 0.278 e. The highest BCUT2D eigenvalue weighted by atomic mass is 32.1. The summed E-state index contributed by atoms with van der Waals surface area (Å²) in [4.78, 5) is 31.2. The van der Waals surface area contributed by atoms with E-state index in [4.69, 9.17) is 5.73 Å². The largest absolute Gasteiger partial charge is 0.319 e. The van der Waals surface area contributed by atoms with Gasteiger partial charge < -0.3 is 5.73 Å². The Morgan fingerprint density at radius 1 is 1.47 bits per heavy atom. The van der Waals surface area contributed by atoms with Crippen molar-refractivity contribution in [3.8, 4) is 0 Å². The normalized spacial score (nSPS) is 14.5. The van der Waals surface area contributed by atoms with Gasteiger partial charge >= 0.3 is 0 Å². The van der Waals surface area contributed by atoms with Gasteiger partial charge in [-0.15, -0.1) is 0 Å². The summed E-state index contributed by atoms with van der Waals surface area (Å²) in [6.45, 7) is 0. The topological polar surface area (TPSA) is 98.0 Å². The highest BCUT2D eigenvalue weighted by molar-refractivity contribution is 7.80. The van der Waals surface area contributed by atoms with Crippen LogP contribution < -0.4 is 11.1 Å². The number of hydrogen-bond donors (Lipinski definition) is 3. The van der Waals surface area contributed by atoms with E-state index >= 15 is 0 Å². The number of nitrogens with two attached hydrogens (primary N) is 1. The van der Waals surface area contributed by atoms with Crippen molar-refractivity contribution in [1.82, 2.24) is 15.3 Å². The average molecular weight is 252 g/mol. The van der Waals surface area contributed by atoms with Crippen molar-refractivity contribution in [2.75, 3.05) is 5.75 Å². The van der Waals surface area contributed by atoms with E-state index in [1.807, 2.05) is 0 Å². The Kier molecular flexibility index (Phi) is 3.39. The lowest BCUT2D eigenvalue weighted by Gasteiger charge is -2.16. The van der Waals surface area contributed by atoms with E-state index in [-0.39, 0.29) is 11.4 Å². The fourth-order valence-electron chi connectivity index (χ4n) is 1.38. The standard InChI is InChI=1S/C10H12N4O2S/c11-5(4-17)9(15)14-10(16)8-3-12-6-1-2-7(6)13-8/h3,5,17H,1-2,4,11H2,(H,14,15,16)/t5-/m1/s1. The zero-order valence-corrected chi connectivity index (χ0v) is 9.91. The first-order chi connectivity index (χ1) is 8.11. The van der Waals surface area contributed by atoms with Crippen molar-refractivity contribution in [2.24, 2.45) is 5.73 Å². The van der Waals surface area contributed by atoms with Crippen LogP contribution in [0.1, 0.15) is 21.9 Å². The third-order valence-electron chi connectivity index (χ3n) is 2.53. The van der Waals surface area contributed by atoms with Gasteiger partial charge in [0.15, 0.2) is 0 Å². The molecule has 0 radical (unpaired) electrons. The first kappa shape index (κ1) is 12.0. The zero-order valence-electron chi connectivity index (χ0n) is 9.01. The van der Waals surface area contributed by atoms with Crippen LogP contribution in [0.2, 0.25) is 0 Å². The quantitative estimate of drug-likeness (QED) is 0.605. The molecule has 0 saturated heterocycles. The molecule has 1 heterocycles. The summed E-state index contributed by atoms with van der Waals surface area (Å²) in [5.74, 6) is -0.960. The summed E-state index contributed by atoms with van der Waals surface area (Å²) in [6.07, 6.45) is 3.09. The van der Waals surface area contributed by atoms with Crippen LogP contribution in [0.5, 0.6) is 0 Å². The molecular weight excluding hydrogens is 240 g/mol. The third-order valence-corrected chi connectivity index (χ3v) is 2.93. The molecular formula is C10H12N4O2S. The third kappa shape index (κ3) is 2.45. The van der Waals surface area contributed by atoms with Crippen LogP contribution >= 0.6 is 12.6 Å². The Morgan fingerprint density at radius 2 is 2.18 bits per heavy atom. The number of nitrogens with zero attached hydrogens (tertiary/aromatic N) is 2. The molecule has 0 bridgehead atoms. The molecule has 0 aliphatic heterocycles. The number of hydrogen-bond acceptors (Lipinski definition) is 6.